The van der Waals surface area contributed by atoms with Gasteiger partial charge in [-0.15, -0.1) is 0 Å². The Kier molecular flexibility index (Phi) is 2.93. The predicted molar refractivity (Wildman–Crippen MR) is 76.4 cm³/mol. The molecule has 3 aromatic rings. The van der Waals surface area contributed by atoms with Gasteiger partial charge in [0.1, 0.15) is 11.5 Å². The molecule has 0 N–H and O–H groups in total. The van der Waals surface area contributed by atoms with Crippen LogP contribution in [0.15, 0.2) is 33.1 Å². The van der Waals surface area contributed by atoms with Crippen molar-refractivity contribution in [3.05, 3.63) is 47.2 Å². The van der Waals surface area contributed by atoms with E-state index in [1.807, 2.05) is 52.0 Å². The molecule has 0 aliphatic carbocycles. The number of oxazole rings is 2. The van der Waals surface area contributed by atoms with E-state index in [1.54, 1.807) is 0 Å². The molecule has 2 aromatic heterocycles. The van der Waals surface area contributed by atoms with Crippen molar-refractivity contribution in [2.24, 2.45) is 0 Å². The maximum atomic E-state index is 5.62. The maximum absolute atomic E-state index is 5.62. The van der Waals surface area contributed by atoms with Crippen molar-refractivity contribution in [3.8, 4) is 22.9 Å². The first-order valence-electron chi connectivity index (χ1n) is 6.53. The highest BCUT2D eigenvalue weighted by atomic mass is 16.4. The highest BCUT2D eigenvalue weighted by Gasteiger charge is 2.11. The molecule has 0 atom stereocenters. The SMILES string of the molecule is Cc1nc(-c2ccc(-c3nc(C)c(C)o3)cc2)oc1C. The summed E-state index contributed by atoms with van der Waals surface area (Å²) in [6.07, 6.45) is 0. The van der Waals surface area contributed by atoms with Crippen molar-refractivity contribution < 1.29 is 8.83 Å². The van der Waals surface area contributed by atoms with Crippen molar-refractivity contribution in [2.45, 2.75) is 27.7 Å². The zero-order valence-corrected chi connectivity index (χ0v) is 12.0. The number of hydrogen-bond acceptors (Lipinski definition) is 4. The minimum Gasteiger partial charge on any atom is -0.441 e. The lowest BCUT2D eigenvalue weighted by atomic mass is 10.1. The monoisotopic (exact) mass is 268 g/mol. The Morgan fingerprint density at radius 2 is 1.00 bits per heavy atom. The van der Waals surface area contributed by atoms with Crippen LogP contribution in [0, 0.1) is 27.7 Å². The fraction of sp³-hybridized carbons (Fsp3) is 0.250. The molecule has 0 amide bonds. The van der Waals surface area contributed by atoms with Crippen molar-refractivity contribution in [1.82, 2.24) is 9.97 Å². The molecule has 1 aromatic carbocycles. The van der Waals surface area contributed by atoms with Crippen molar-refractivity contribution in [3.63, 3.8) is 0 Å². The van der Waals surface area contributed by atoms with E-state index in [-0.39, 0.29) is 0 Å². The summed E-state index contributed by atoms with van der Waals surface area (Å²) >= 11 is 0. The van der Waals surface area contributed by atoms with E-state index in [1.165, 1.54) is 0 Å². The average Bonchev–Trinajstić information content (AvgIpc) is 2.94. The summed E-state index contributed by atoms with van der Waals surface area (Å²) in [5.74, 6) is 2.99. The molecule has 0 radical (unpaired) electrons. The number of aromatic nitrogens is 2. The van der Waals surface area contributed by atoms with E-state index < -0.39 is 0 Å². The lowest BCUT2D eigenvalue weighted by molar-refractivity contribution is 0.539. The lowest BCUT2D eigenvalue weighted by Gasteiger charge is -1.98. The van der Waals surface area contributed by atoms with E-state index in [9.17, 15) is 0 Å². The number of benzene rings is 1. The van der Waals surface area contributed by atoms with Gasteiger partial charge >= 0.3 is 0 Å². The number of nitrogens with zero attached hydrogens (tertiary/aromatic N) is 2. The first kappa shape index (κ1) is 12.7. The Morgan fingerprint density at radius 3 is 1.25 bits per heavy atom. The third-order valence-corrected chi connectivity index (χ3v) is 3.44. The third kappa shape index (κ3) is 2.13. The minimum atomic E-state index is 0.645. The van der Waals surface area contributed by atoms with Crippen LogP contribution in [0.4, 0.5) is 0 Å². The molecule has 0 aliphatic heterocycles. The van der Waals surface area contributed by atoms with Crippen LogP contribution < -0.4 is 0 Å². The smallest absolute Gasteiger partial charge is 0.226 e. The van der Waals surface area contributed by atoms with E-state index in [2.05, 4.69) is 9.97 Å². The molecule has 20 heavy (non-hydrogen) atoms. The van der Waals surface area contributed by atoms with Crippen molar-refractivity contribution >= 4 is 0 Å². The normalized spacial score (nSPS) is 11.0. The third-order valence-electron chi connectivity index (χ3n) is 3.44. The number of rotatable bonds is 2. The van der Waals surface area contributed by atoms with Crippen LogP contribution in [-0.2, 0) is 0 Å². The summed E-state index contributed by atoms with van der Waals surface area (Å²) in [4.78, 5) is 8.79. The Hall–Kier alpha value is -2.36. The van der Waals surface area contributed by atoms with Gasteiger partial charge < -0.3 is 8.83 Å². The van der Waals surface area contributed by atoms with E-state index >= 15 is 0 Å². The number of hydrogen-bond donors (Lipinski definition) is 0. The topological polar surface area (TPSA) is 52.1 Å². The van der Waals surface area contributed by atoms with Gasteiger partial charge in [-0.25, -0.2) is 9.97 Å². The molecule has 102 valence electrons. The number of aryl methyl sites for hydroxylation is 4. The summed E-state index contributed by atoms with van der Waals surface area (Å²) in [6.45, 7) is 7.71. The highest BCUT2D eigenvalue weighted by molar-refractivity contribution is 5.62. The molecule has 0 saturated carbocycles. The molecule has 0 spiro atoms. The van der Waals surface area contributed by atoms with Gasteiger partial charge in [-0.1, -0.05) is 0 Å². The van der Waals surface area contributed by atoms with E-state index in [0.29, 0.717) is 11.8 Å². The zero-order chi connectivity index (χ0) is 14.3. The Labute approximate surface area is 117 Å². The Bertz CT molecular complexity index is 647. The van der Waals surface area contributed by atoms with Crippen LogP contribution >= 0.6 is 0 Å². The highest BCUT2D eigenvalue weighted by Crippen LogP contribution is 2.26. The van der Waals surface area contributed by atoms with E-state index in [4.69, 9.17) is 8.83 Å². The Morgan fingerprint density at radius 1 is 0.650 bits per heavy atom. The lowest BCUT2D eigenvalue weighted by Crippen LogP contribution is -1.81. The van der Waals surface area contributed by atoms with Gasteiger partial charge in [-0.3, -0.25) is 0 Å². The molecule has 2 heterocycles. The van der Waals surface area contributed by atoms with Crippen molar-refractivity contribution in [1.29, 1.82) is 0 Å². The summed E-state index contributed by atoms with van der Waals surface area (Å²) in [7, 11) is 0. The van der Waals surface area contributed by atoms with Gasteiger partial charge in [0.15, 0.2) is 0 Å². The predicted octanol–water partition coefficient (Wildman–Crippen LogP) is 4.23. The molecule has 3 rings (SSSR count). The summed E-state index contributed by atoms with van der Waals surface area (Å²) in [6, 6.07) is 7.87. The largest absolute Gasteiger partial charge is 0.441 e. The molecule has 0 fully saturated rings. The molecule has 0 aliphatic rings. The van der Waals surface area contributed by atoms with Gasteiger partial charge in [0.05, 0.1) is 11.4 Å². The van der Waals surface area contributed by atoms with Gasteiger partial charge in [0, 0.05) is 11.1 Å². The standard InChI is InChI=1S/C16H16N2O2/c1-9-11(3)19-15(17-9)13-5-7-14(8-6-13)16-18-10(2)12(4)20-16/h5-8H,1-4H3. The van der Waals surface area contributed by atoms with Crippen LogP contribution in [0.5, 0.6) is 0 Å². The molecular weight excluding hydrogens is 252 g/mol. The summed E-state index contributed by atoms with van der Waals surface area (Å²) in [5, 5.41) is 0. The van der Waals surface area contributed by atoms with Crippen LogP contribution in [0.1, 0.15) is 22.9 Å². The molecule has 0 unspecified atom stereocenters. The second-order valence-electron chi connectivity index (χ2n) is 4.90. The first-order valence-corrected chi connectivity index (χ1v) is 6.53. The van der Waals surface area contributed by atoms with Gasteiger partial charge in [-0.2, -0.15) is 0 Å². The molecule has 0 bridgehead atoms. The second-order valence-corrected chi connectivity index (χ2v) is 4.90. The van der Waals surface area contributed by atoms with Crippen LogP contribution in [0.2, 0.25) is 0 Å². The van der Waals surface area contributed by atoms with Gasteiger partial charge in [0.2, 0.25) is 11.8 Å². The van der Waals surface area contributed by atoms with Gasteiger partial charge in [-0.05, 0) is 52.0 Å². The molecule has 4 nitrogen and oxygen atoms in total. The quantitative estimate of drug-likeness (QED) is 0.698. The van der Waals surface area contributed by atoms with Crippen LogP contribution in [-0.4, -0.2) is 9.97 Å². The fourth-order valence-electron chi connectivity index (χ4n) is 1.95. The second kappa shape index (κ2) is 4.63. The minimum absolute atomic E-state index is 0.645. The van der Waals surface area contributed by atoms with E-state index in [0.717, 1.165) is 34.0 Å². The maximum Gasteiger partial charge on any atom is 0.226 e. The average molecular weight is 268 g/mol. The molecular formula is C16H16N2O2. The van der Waals surface area contributed by atoms with Crippen LogP contribution in [0.25, 0.3) is 22.9 Å². The molecule has 0 saturated heterocycles. The van der Waals surface area contributed by atoms with Gasteiger partial charge in [0.25, 0.3) is 0 Å². The zero-order valence-electron chi connectivity index (χ0n) is 12.0. The summed E-state index contributed by atoms with van der Waals surface area (Å²) < 4.78 is 11.2. The van der Waals surface area contributed by atoms with Crippen molar-refractivity contribution in [2.75, 3.05) is 0 Å². The first-order chi connectivity index (χ1) is 9.54. The fourth-order valence-corrected chi connectivity index (χ4v) is 1.95. The Balaban J connectivity index is 1.95. The summed E-state index contributed by atoms with van der Waals surface area (Å²) in [5.41, 5.74) is 3.74. The van der Waals surface area contributed by atoms with Crippen LogP contribution in [0.3, 0.4) is 0 Å². The molecule has 4 heteroatoms.